The normalized spacial score (nSPS) is 30.6. The molecule has 6 heteroatoms. The molecule has 1 amide bonds. The largest absolute Gasteiger partial charge is 0.385 e. The Labute approximate surface area is 151 Å². The number of aliphatic hydroxyl groups excluding tert-OH is 2. The van der Waals surface area contributed by atoms with E-state index in [9.17, 15) is 15.0 Å². The van der Waals surface area contributed by atoms with E-state index in [0.29, 0.717) is 6.61 Å². The van der Waals surface area contributed by atoms with Crippen molar-refractivity contribution in [3.05, 3.63) is 71.8 Å². The summed E-state index contributed by atoms with van der Waals surface area (Å²) >= 11 is 0. The van der Waals surface area contributed by atoms with Crippen molar-refractivity contribution in [2.24, 2.45) is 0 Å². The van der Waals surface area contributed by atoms with Crippen molar-refractivity contribution in [3.63, 3.8) is 0 Å². The van der Waals surface area contributed by atoms with Gasteiger partial charge in [-0.3, -0.25) is 9.69 Å². The minimum absolute atomic E-state index is 0.0187. The fraction of sp³-hybridized carbons (Fsp3) is 0.350. The molecule has 2 saturated heterocycles. The maximum atomic E-state index is 12.6. The van der Waals surface area contributed by atoms with Gasteiger partial charge in [0.05, 0.1) is 25.9 Å². The van der Waals surface area contributed by atoms with Crippen LogP contribution in [0.1, 0.15) is 17.2 Å². The van der Waals surface area contributed by atoms with E-state index in [1.807, 2.05) is 60.7 Å². The molecule has 0 spiro atoms. The molecule has 0 radical (unpaired) electrons. The zero-order chi connectivity index (χ0) is 18.1. The smallest absolute Gasteiger partial charge is 0.257 e. The van der Waals surface area contributed by atoms with E-state index >= 15 is 0 Å². The van der Waals surface area contributed by atoms with Gasteiger partial charge in [-0.25, -0.2) is 0 Å². The summed E-state index contributed by atoms with van der Waals surface area (Å²) < 4.78 is 11.7. The van der Waals surface area contributed by atoms with E-state index in [2.05, 4.69) is 0 Å². The molecular formula is C20H21NO5. The molecule has 4 rings (SSSR count). The van der Waals surface area contributed by atoms with Crippen molar-refractivity contribution in [1.82, 2.24) is 4.90 Å². The SMILES string of the molecule is O=C1[C@@H](O)[C@@H](O)[C@@]2(COCc3ccccc3)OC[C@H](c3ccccc3)N12. The molecule has 0 aromatic heterocycles. The molecule has 2 aliphatic rings. The second-order valence-corrected chi connectivity index (χ2v) is 6.66. The minimum atomic E-state index is -1.51. The summed E-state index contributed by atoms with van der Waals surface area (Å²) in [4.78, 5) is 14.0. The zero-order valence-corrected chi connectivity index (χ0v) is 14.2. The van der Waals surface area contributed by atoms with Gasteiger partial charge < -0.3 is 19.7 Å². The van der Waals surface area contributed by atoms with Gasteiger partial charge in [-0.2, -0.15) is 0 Å². The zero-order valence-electron chi connectivity index (χ0n) is 14.2. The lowest BCUT2D eigenvalue weighted by atomic mass is 10.1. The molecule has 26 heavy (non-hydrogen) atoms. The van der Waals surface area contributed by atoms with Gasteiger partial charge in [0.15, 0.2) is 11.8 Å². The first-order chi connectivity index (χ1) is 12.6. The molecule has 2 fully saturated rings. The molecule has 2 aromatic rings. The standard InChI is InChI=1S/C20H21NO5/c22-17-18(23)20(13-25-11-14-7-3-1-4-8-14)21(19(17)24)16(12-26-20)15-9-5-2-6-10-15/h1-10,16-18,22-23H,11-13H2/t16-,17+,18-,20-/m1/s1. The molecule has 2 heterocycles. The Morgan fingerprint density at radius 2 is 1.73 bits per heavy atom. The van der Waals surface area contributed by atoms with Crippen molar-refractivity contribution >= 4 is 5.91 Å². The number of carbonyl (C=O) groups excluding carboxylic acids is 1. The molecular weight excluding hydrogens is 334 g/mol. The van der Waals surface area contributed by atoms with Crippen LogP contribution in [0.15, 0.2) is 60.7 Å². The summed E-state index contributed by atoms with van der Waals surface area (Å²) in [5.74, 6) is -0.535. The summed E-state index contributed by atoms with van der Waals surface area (Å²) in [5.41, 5.74) is 0.505. The maximum Gasteiger partial charge on any atom is 0.257 e. The quantitative estimate of drug-likeness (QED) is 0.844. The minimum Gasteiger partial charge on any atom is -0.385 e. The Morgan fingerprint density at radius 3 is 2.42 bits per heavy atom. The predicted molar refractivity (Wildman–Crippen MR) is 92.8 cm³/mol. The van der Waals surface area contributed by atoms with Crippen LogP contribution < -0.4 is 0 Å². The first kappa shape index (κ1) is 17.2. The summed E-state index contributed by atoms with van der Waals surface area (Å²) in [5, 5.41) is 20.7. The maximum absolute atomic E-state index is 12.6. The third-order valence-corrected chi connectivity index (χ3v) is 5.07. The highest BCUT2D eigenvalue weighted by molar-refractivity contribution is 5.86. The summed E-state index contributed by atoms with van der Waals surface area (Å²) in [6.07, 6.45) is -2.87. The van der Waals surface area contributed by atoms with E-state index in [0.717, 1.165) is 11.1 Å². The second kappa shape index (κ2) is 6.81. The van der Waals surface area contributed by atoms with Gasteiger partial charge in [-0.15, -0.1) is 0 Å². The molecule has 0 aliphatic carbocycles. The number of fused-ring (bicyclic) bond motifs is 1. The molecule has 4 atom stereocenters. The Bertz CT molecular complexity index is 768. The van der Waals surface area contributed by atoms with Gasteiger partial charge in [-0.05, 0) is 11.1 Å². The van der Waals surface area contributed by atoms with Crippen LogP contribution in [0.25, 0.3) is 0 Å². The lowest BCUT2D eigenvalue weighted by Gasteiger charge is -2.34. The molecule has 6 nitrogen and oxygen atoms in total. The van der Waals surface area contributed by atoms with Crippen molar-refractivity contribution in [2.75, 3.05) is 13.2 Å². The third-order valence-electron chi connectivity index (χ3n) is 5.07. The monoisotopic (exact) mass is 355 g/mol. The molecule has 0 saturated carbocycles. The topological polar surface area (TPSA) is 79.2 Å². The van der Waals surface area contributed by atoms with Gasteiger partial charge >= 0.3 is 0 Å². The first-order valence-corrected chi connectivity index (χ1v) is 8.63. The fourth-order valence-electron chi connectivity index (χ4n) is 3.73. The third kappa shape index (κ3) is 2.71. The summed E-state index contributed by atoms with van der Waals surface area (Å²) in [7, 11) is 0. The molecule has 2 aromatic carbocycles. The number of hydrogen-bond acceptors (Lipinski definition) is 5. The van der Waals surface area contributed by atoms with Gasteiger partial charge in [-0.1, -0.05) is 60.7 Å². The number of ether oxygens (including phenoxy) is 2. The molecule has 0 unspecified atom stereocenters. The van der Waals surface area contributed by atoms with E-state index in [-0.39, 0.29) is 19.3 Å². The number of rotatable bonds is 5. The Kier molecular flexibility index (Phi) is 4.50. The van der Waals surface area contributed by atoms with Crippen molar-refractivity contribution in [3.8, 4) is 0 Å². The average molecular weight is 355 g/mol. The highest BCUT2D eigenvalue weighted by Gasteiger charge is 2.65. The van der Waals surface area contributed by atoms with Crippen LogP contribution in [-0.2, 0) is 20.9 Å². The lowest BCUT2D eigenvalue weighted by molar-refractivity contribution is -0.178. The van der Waals surface area contributed by atoms with Gasteiger partial charge in [0.25, 0.3) is 5.91 Å². The predicted octanol–water partition coefficient (Wildman–Crippen LogP) is 1.23. The first-order valence-electron chi connectivity index (χ1n) is 8.63. The average Bonchev–Trinajstić information content (AvgIpc) is 3.15. The molecule has 2 aliphatic heterocycles. The number of benzene rings is 2. The van der Waals surface area contributed by atoms with Gasteiger partial charge in [0, 0.05) is 0 Å². The number of carbonyl (C=O) groups is 1. The van der Waals surface area contributed by atoms with Crippen LogP contribution in [0.2, 0.25) is 0 Å². The van der Waals surface area contributed by atoms with Crippen LogP contribution in [0.4, 0.5) is 0 Å². The van der Waals surface area contributed by atoms with Crippen LogP contribution >= 0.6 is 0 Å². The second-order valence-electron chi connectivity index (χ2n) is 6.66. The Balaban J connectivity index is 1.57. The highest BCUT2D eigenvalue weighted by atomic mass is 16.6. The van der Waals surface area contributed by atoms with Crippen LogP contribution in [0.5, 0.6) is 0 Å². The highest BCUT2D eigenvalue weighted by Crippen LogP contribution is 2.45. The summed E-state index contributed by atoms with van der Waals surface area (Å²) in [6, 6.07) is 18.7. The van der Waals surface area contributed by atoms with Crippen LogP contribution in [0, 0.1) is 0 Å². The fourth-order valence-corrected chi connectivity index (χ4v) is 3.73. The number of hydrogen-bond donors (Lipinski definition) is 2. The molecule has 136 valence electrons. The number of amides is 1. The van der Waals surface area contributed by atoms with Gasteiger partial charge in [0.1, 0.15) is 6.10 Å². The van der Waals surface area contributed by atoms with E-state index < -0.39 is 23.8 Å². The summed E-state index contributed by atoms with van der Waals surface area (Å²) in [6.45, 7) is 0.552. The number of nitrogens with zero attached hydrogens (tertiary/aromatic N) is 1. The van der Waals surface area contributed by atoms with Crippen molar-refractivity contribution in [1.29, 1.82) is 0 Å². The lowest BCUT2D eigenvalue weighted by Crippen LogP contribution is -2.53. The van der Waals surface area contributed by atoms with E-state index in [1.165, 1.54) is 4.90 Å². The van der Waals surface area contributed by atoms with E-state index in [4.69, 9.17) is 9.47 Å². The molecule has 2 N–H and O–H groups in total. The van der Waals surface area contributed by atoms with Crippen molar-refractivity contribution in [2.45, 2.75) is 30.6 Å². The number of aliphatic hydroxyl groups is 2. The Hall–Kier alpha value is -2.25. The van der Waals surface area contributed by atoms with Crippen LogP contribution in [-0.4, -0.2) is 52.2 Å². The van der Waals surface area contributed by atoms with Crippen molar-refractivity contribution < 1.29 is 24.5 Å². The van der Waals surface area contributed by atoms with Gasteiger partial charge in [0.2, 0.25) is 0 Å². The van der Waals surface area contributed by atoms with Crippen LogP contribution in [0.3, 0.4) is 0 Å². The Morgan fingerprint density at radius 1 is 1.08 bits per heavy atom. The molecule has 0 bridgehead atoms. The van der Waals surface area contributed by atoms with E-state index in [1.54, 1.807) is 0 Å².